The highest BCUT2D eigenvalue weighted by Crippen LogP contribution is 2.25. The average molecular weight is 301 g/mol. The van der Waals surface area contributed by atoms with Crippen LogP contribution in [0.1, 0.15) is 42.9 Å². The summed E-state index contributed by atoms with van der Waals surface area (Å²) < 4.78 is 0. The molecule has 2 aliphatic rings. The summed E-state index contributed by atoms with van der Waals surface area (Å²) in [6.07, 6.45) is 5.28. The molecule has 1 aliphatic heterocycles. The molecule has 1 saturated heterocycles. The van der Waals surface area contributed by atoms with Gasteiger partial charge >= 0.3 is 5.97 Å². The van der Waals surface area contributed by atoms with Crippen molar-refractivity contribution in [2.45, 2.75) is 51.5 Å². The van der Waals surface area contributed by atoms with Crippen molar-refractivity contribution in [1.82, 2.24) is 4.90 Å². The molecule has 0 spiro atoms. The van der Waals surface area contributed by atoms with Gasteiger partial charge in [-0.2, -0.15) is 0 Å². The fourth-order valence-corrected chi connectivity index (χ4v) is 3.67. The molecule has 0 saturated carbocycles. The minimum Gasteiger partial charge on any atom is -0.481 e. The van der Waals surface area contributed by atoms with E-state index in [1.807, 2.05) is 13.0 Å². The number of nitrogens with zero attached hydrogens (tertiary/aromatic N) is 1. The molecule has 1 fully saturated rings. The molecule has 1 aliphatic carbocycles. The van der Waals surface area contributed by atoms with Gasteiger partial charge in [0.25, 0.3) is 0 Å². The van der Waals surface area contributed by atoms with Crippen molar-refractivity contribution in [3.63, 3.8) is 0 Å². The Hall–Kier alpha value is -1.84. The second-order valence-electron chi connectivity index (χ2n) is 6.64. The molecule has 22 heavy (non-hydrogen) atoms. The lowest BCUT2D eigenvalue weighted by atomic mass is 9.93. The van der Waals surface area contributed by atoms with Gasteiger partial charge in [0.1, 0.15) is 0 Å². The Morgan fingerprint density at radius 2 is 2.00 bits per heavy atom. The zero-order valence-corrected chi connectivity index (χ0v) is 13.0. The summed E-state index contributed by atoms with van der Waals surface area (Å²) in [7, 11) is 0. The molecule has 0 bridgehead atoms. The van der Waals surface area contributed by atoms with E-state index in [-0.39, 0.29) is 11.9 Å². The average Bonchev–Trinajstić information content (AvgIpc) is 2.94. The van der Waals surface area contributed by atoms with Crippen LogP contribution in [0.15, 0.2) is 18.2 Å². The van der Waals surface area contributed by atoms with E-state index in [9.17, 15) is 14.7 Å². The quantitative estimate of drug-likeness (QED) is 0.933. The van der Waals surface area contributed by atoms with Gasteiger partial charge in [-0.15, -0.1) is 0 Å². The fraction of sp³-hybridized carbons (Fsp3) is 0.556. The molecule has 1 N–H and O–H groups in total. The highest BCUT2D eigenvalue weighted by atomic mass is 16.4. The van der Waals surface area contributed by atoms with Crippen LogP contribution in [-0.2, 0) is 28.9 Å². The first-order chi connectivity index (χ1) is 10.5. The highest BCUT2D eigenvalue weighted by molar-refractivity contribution is 5.80. The number of hydrogen-bond acceptors (Lipinski definition) is 2. The van der Waals surface area contributed by atoms with Crippen LogP contribution in [0.2, 0.25) is 0 Å². The van der Waals surface area contributed by atoms with Crippen LogP contribution in [-0.4, -0.2) is 34.5 Å². The zero-order chi connectivity index (χ0) is 15.7. The summed E-state index contributed by atoms with van der Waals surface area (Å²) in [6, 6.07) is 6.48. The fourth-order valence-electron chi connectivity index (χ4n) is 3.67. The second kappa shape index (κ2) is 6.11. The highest BCUT2D eigenvalue weighted by Gasteiger charge is 2.32. The number of piperidine rings is 1. The normalized spacial score (nSPS) is 24.1. The van der Waals surface area contributed by atoms with Gasteiger partial charge in [0.05, 0.1) is 12.3 Å². The number of hydrogen-bond donors (Lipinski definition) is 1. The van der Waals surface area contributed by atoms with Crippen molar-refractivity contribution in [2.24, 2.45) is 5.92 Å². The molecule has 1 amide bonds. The van der Waals surface area contributed by atoms with Crippen LogP contribution in [0.3, 0.4) is 0 Å². The number of carbonyl (C=O) groups is 2. The van der Waals surface area contributed by atoms with E-state index < -0.39 is 11.9 Å². The van der Waals surface area contributed by atoms with Crippen LogP contribution in [0.5, 0.6) is 0 Å². The van der Waals surface area contributed by atoms with E-state index in [1.54, 1.807) is 4.90 Å². The molecule has 1 aromatic carbocycles. The Morgan fingerprint density at radius 3 is 2.77 bits per heavy atom. The summed E-state index contributed by atoms with van der Waals surface area (Å²) >= 11 is 0. The van der Waals surface area contributed by atoms with Gasteiger partial charge in [0.15, 0.2) is 0 Å². The minimum atomic E-state index is -0.790. The topological polar surface area (TPSA) is 57.6 Å². The van der Waals surface area contributed by atoms with E-state index in [1.165, 1.54) is 17.5 Å². The van der Waals surface area contributed by atoms with Crippen molar-refractivity contribution >= 4 is 11.9 Å². The van der Waals surface area contributed by atoms with E-state index >= 15 is 0 Å². The molecular weight excluding hydrogens is 278 g/mol. The summed E-state index contributed by atoms with van der Waals surface area (Å²) in [4.78, 5) is 25.5. The lowest BCUT2D eigenvalue weighted by Gasteiger charge is -2.36. The van der Waals surface area contributed by atoms with Crippen LogP contribution < -0.4 is 0 Å². The Labute approximate surface area is 131 Å². The van der Waals surface area contributed by atoms with Gasteiger partial charge in [0.2, 0.25) is 5.91 Å². The van der Waals surface area contributed by atoms with E-state index in [0.717, 1.165) is 24.8 Å². The molecule has 2 atom stereocenters. The number of likely N-dealkylation sites (tertiary alicyclic amines) is 1. The maximum absolute atomic E-state index is 12.6. The lowest BCUT2D eigenvalue weighted by Crippen LogP contribution is -2.47. The smallest absolute Gasteiger partial charge is 0.308 e. The number of benzene rings is 1. The first-order valence-electron chi connectivity index (χ1n) is 8.17. The Bertz CT molecular complexity index is 596. The third-order valence-corrected chi connectivity index (χ3v) is 5.07. The Morgan fingerprint density at radius 1 is 1.23 bits per heavy atom. The molecule has 0 aromatic heterocycles. The van der Waals surface area contributed by atoms with E-state index in [2.05, 4.69) is 12.1 Å². The van der Waals surface area contributed by atoms with Crippen LogP contribution >= 0.6 is 0 Å². The summed E-state index contributed by atoms with van der Waals surface area (Å²) in [5, 5.41) is 9.18. The zero-order valence-electron chi connectivity index (χ0n) is 13.0. The standard InChI is InChI=1S/C18H23NO3/c1-12-5-7-16(18(21)22)11-19(12)17(20)10-13-6-8-14-3-2-4-15(14)9-13/h6,8-9,12,16H,2-5,7,10-11H2,1H3,(H,21,22). The van der Waals surface area contributed by atoms with Gasteiger partial charge in [-0.1, -0.05) is 18.2 Å². The first-order valence-corrected chi connectivity index (χ1v) is 8.17. The van der Waals surface area contributed by atoms with Crippen molar-refractivity contribution in [2.75, 3.05) is 6.54 Å². The van der Waals surface area contributed by atoms with Crippen LogP contribution in [0.25, 0.3) is 0 Å². The lowest BCUT2D eigenvalue weighted by molar-refractivity contribution is -0.146. The molecule has 0 radical (unpaired) electrons. The Kier molecular flexibility index (Phi) is 4.19. The van der Waals surface area contributed by atoms with Gasteiger partial charge in [-0.3, -0.25) is 9.59 Å². The monoisotopic (exact) mass is 301 g/mol. The predicted octanol–water partition coefficient (Wildman–Crippen LogP) is 2.43. The molecule has 2 unspecified atom stereocenters. The second-order valence-corrected chi connectivity index (χ2v) is 6.64. The van der Waals surface area contributed by atoms with Crippen LogP contribution in [0.4, 0.5) is 0 Å². The molecule has 3 rings (SSSR count). The van der Waals surface area contributed by atoms with Crippen molar-refractivity contribution in [3.8, 4) is 0 Å². The number of carboxylic acids is 1. The van der Waals surface area contributed by atoms with Crippen molar-refractivity contribution in [1.29, 1.82) is 0 Å². The van der Waals surface area contributed by atoms with Gasteiger partial charge in [0, 0.05) is 12.6 Å². The van der Waals surface area contributed by atoms with Gasteiger partial charge < -0.3 is 10.0 Å². The number of fused-ring (bicyclic) bond motifs is 1. The molecule has 1 heterocycles. The first kappa shape index (κ1) is 15.1. The number of aryl methyl sites for hydroxylation is 2. The number of carboxylic acid groups (broad SMARTS) is 1. The SMILES string of the molecule is CC1CCC(C(=O)O)CN1C(=O)Cc1ccc2c(c1)CCC2. The number of rotatable bonds is 3. The number of aliphatic carboxylic acids is 1. The predicted molar refractivity (Wildman–Crippen MR) is 83.7 cm³/mol. The van der Waals surface area contributed by atoms with Crippen molar-refractivity contribution < 1.29 is 14.7 Å². The third-order valence-electron chi connectivity index (χ3n) is 5.07. The summed E-state index contributed by atoms with van der Waals surface area (Å²) in [5.74, 6) is -1.15. The van der Waals surface area contributed by atoms with Gasteiger partial charge in [-0.25, -0.2) is 0 Å². The van der Waals surface area contributed by atoms with E-state index in [4.69, 9.17) is 0 Å². The largest absolute Gasteiger partial charge is 0.481 e. The molecule has 118 valence electrons. The summed E-state index contributed by atoms with van der Waals surface area (Å²) in [5.41, 5.74) is 3.84. The maximum Gasteiger partial charge on any atom is 0.308 e. The third kappa shape index (κ3) is 3.01. The number of carbonyl (C=O) groups excluding carboxylic acids is 1. The molecule has 4 heteroatoms. The van der Waals surface area contributed by atoms with Crippen LogP contribution in [0, 0.1) is 5.92 Å². The molecular formula is C18H23NO3. The number of amides is 1. The minimum absolute atomic E-state index is 0.0522. The van der Waals surface area contributed by atoms with Crippen molar-refractivity contribution in [3.05, 3.63) is 34.9 Å². The van der Waals surface area contributed by atoms with E-state index in [0.29, 0.717) is 19.4 Å². The van der Waals surface area contributed by atoms with Gasteiger partial charge in [-0.05, 0) is 55.7 Å². The summed E-state index contributed by atoms with van der Waals surface area (Å²) in [6.45, 7) is 2.36. The maximum atomic E-state index is 12.6. The molecule has 4 nitrogen and oxygen atoms in total. The Balaban J connectivity index is 1.69. The molecule has 1 aromatic rings.